The van der Waals surface area contributed by atoms with Crippen molar-refractivity contribution in [3.63, 3.8) is 0 Å². The van der Waals surface area contributed by atoms with E-state index in [2.05, 4.69) is 10.6 Å². The summed E-state index contributed by atoms with van der Waals surface area (Å²) in [5.74, 6) is 0.328. The Morgan fingerprint density at radius 2 is 1.64 bits per heavy atom. The number of carbonyl (C=O) groups is 2. The van der Waals surface area contributed by atoms with Crippen molar-refractivity contribution in [2.24, 2.45) is 0 Å². The highest BCUT2D eigenvalue weighted by atomic mass is 16.5. The van der Waals surface area contributed by atoms with E-state index < -0.39 is 0 Å². The number of hydrogen-bond donors (Lipinski definition) is 2. The largest absolute Gasteiger partial charge is 0.493 e. The molecule has 25 heavy (non-hydrogen) atoms. The molecule has 0 spiro atoms. The summed E-state index contributed by atoms with van der Waals surface area (Å²) in [5, 5.41) is 5.35. The quantitative estimate of drug-likeness (QED) is 0.846. The van der Waals surface area contributed by atoms with Gasteiger partial charge in [0.2, 0.25) is 5.91 Å². The van der Waals surface area contributed by atoms with Crippen LogP contribution in [0.4, 0.5) is 5.69 Å². The Balaban J connectivity index is 1.94. The molecule has 0 bridgehead atoms. The Bertz CT molecular complexity index is 787. The highest BCUT2D eigenvalue weighted by Gasteiger charge is 2.12. The Kier molecular flexibility index (Phi) is 6.00. The molecule has 0 fully saturated rings. The van der Waals surface area contributed by atoms with Gasteiger partial charge < -0.3 is 20.1 Å². The van der Waals surface area contributed by atoms with E-state index in [1.165, 1.54) is 14.2 Å². The van der Waals surface area contributed by atoms with Crippen LogP contribution < -0.4 is 20.1 Å². The molecule has 6 heteroatoms. The summed E-state index contributed by atoms with van der Waals surface area (Å²) in [6.45, 7) is 3.86. The summed E-state index contributed by atoms with van der Waals surface area (Å²) in [6.07, 6.45) is 0. The number of benzene rings is 2. The third-order valence-corrected chi connectivity index (χ3v) is 3.85. The molecule has 2 rings (SSSR count). The first-order chi connectivity index (χ1) is 11.9. The molecule has 0 saturated heterocycles. The number of anilines is 1. The summed E-state index contributed by atoms with van der Waals surface area (Å²) in [7, 11) is 3.02. The summed E-state index contributed by atoms with van der Waals surface area (Å²) in [5.41, 5.74) is 3.33. The first-order valence-corrected chi connectivity index (χ1v) is 7.82. The van der Waals surface area contributed by atoms with Crippen LogP contribution in [0.5, 0.6) is 11.5 Å². The number of rotatable bonds is 6. The fraction of sp³-hybridized carbons (Fsp3) is 0.263. The first kappa shape index (κ1) is 18.3. The van der Waals surface area contributed by atoms with Crippen molar-refractivity contribution in [2.45, 2.75) is 13.8 Å². The van der Waals surface area contributed by atoms with E-state index >= 15 is 0 Å². The zero-order chi connectivity index (χ0) is 18.4. The normalized spacial score (nSPS) is 10.1. The summed E-state index contributed by atoms with van der Waals surface area (Å²) >= 11 is 0. The number of amides is 2. The van der Waals surface area contributed by atoms with Gasteiger partial charge in [-0.25, -0.2) is 0 Å². The van der Waals surface area contributed by atoms with Crippen LogP contribution in [0.15, 0.2) is 36.4 Å². The van der Waals surface area contributed by atoms with Crippen molar-refractivity contribution in [3.05, 3.63) is 53.1 Å². The first-order valence-electron chi connectivity index (χ1n) is 7.82. The Morgan fingerprint density at radius 3 is 2.28 bits per heavy atom. The van der Waals surface area contributed by atoms with Gasteiger partial charge >= 0.3 is 0 Å². The van der Waals surface area contributed by atoms with Crippen LogP contribution in [0.3, 0.4) is 0 Å². The van der Waals surface area contributed by atoms with Crippen LogP contribution in [0.2, 0.25) is 0 Å². The Hall–Kier alpha value is -3.02. The number of carbonyl (C=O) groups excluding carboxylic acids is 2. The maximum absolute atomic E-state index is 12.2. The predicted octanol–water partition coefficient (Wildman–Crippen LogP) is 2.69. The molecule has 0 heterocycles. The highest BCUT2D eigenvalue weighted by Crippen LogP contribution is 2.27. The topological polar surface area (TPSA) is 76.7 Å². The van der Waals surface area contributed by atoms with Crippen molar-refractivity contribution in [1.82, 2.24) is 5.32 Å². The average molecular weight is 342 g/mol. The zero-order valence-corrected chi connectivity index (χ0v) is 14.8. The van der Waals surface area contributed by atoms with Gasteiger partial charge in [-0.2, -0.15) is 0 Å². The standard InChI is InChI=1S/C19H22N2O4/c1-12-5-7-15(9-13(12)2)21-18(22)11-20-19(23)14-6-8-16(24-3)17(10-14)25-4/h5-10H,11H2,1-4H3,(H,20,23)(H,21,22). The van der Waals surface area contributed by atoms with E-state index in [9.17, 15) is 9.59 Å². The highest BCUT2D eigenvalue weighted by molar-refractivity contribution is 5.99. The van der Waals surface area contributed by atoms with Crippen molar-refractivity contribution >= 4 is 17.5 Å². The van der Waals surface area contributed by atoms with Gasteiger partial charge in [-0.1, -0.05) is 6.07 Å². The molecule has 0 saturated carbocycles. The van der Waals surface area contributed by atoms with Crippen LogP contribution in [0.1, 0.15) is 21.5 Å². The second kappa shape index (κ2) is 8.19. The van der Waals surface area contributed by atoms with Gasteiger partial charge in [0.25, 0.3) is 5.91 Å². The van der Waals surface area contributed by atoms with E-state index in [4.69, 9.17) is 9.47 Å². The molecule has 132 valence electrons. The second-order valence-corrected chi connectivity index (χ2v) is 5.60. The molecule has 0 atom stereocenters. The molecular formula is C19H22N2O4. The lowest BCUT2D eigenvalue weighted by molar-refractivity contribution is -0.115. The van der Waals surface area contributed by atoms with Crippen LogP contribution >= 0.6 is 0 Å². The maximum Gasteiger partial charge on any atom is 0.251 e. The molecule has 2 aromatic carbocycles. The minimum atomic E-state index is -0.365. The summed E-state index contributed by atoms with van der Waals surface area (Å²) < 4.78 is 10.3. The van der Waals surface area contributed by atoms with Gasteiger partial charge in [-0.05, 0) is 55.3 Å². The van der Waals surface area contributed by atoms with E-state index in [1.54, 1.807) is 18.2 Å². The third kappa shape index (κ3) is 4.73. The molecule has 2 aromatic rings. The molecule has 2 amide bonds. The molecule has 0 unspecified atom stereocenters. The minimum absolute atomic E-state index is 0.125. The van der Waals surface area contributed by atoms with Crippen LogP contribution in [-0.2, 0) is 4.79 Å². The maximum atomic E-state index is 12.2. The lowest BCUT2D eigenvalue weighted by atomic mass is 10.1. The SMILES string of the molecule is COc1ccc(C(=O)NCC(=O)Nc2ccc(C)c(C)c2)cc1OC. The van der Waals surface area contributed by atoms with Crippen molar-refractivity contribution < 1.29 is 19.1 Å². The molecule has 0 aromatic heterocycles. The minimum Gasteiger partial charge on any atom is -0.493 e. The van der Waals surface area contributed by atoms with Crippen LogP contribution in [0.25, 0.3) is 0 Å². The molecule has 0 aliphatic heterocycles. The fourth-order valence-electron chi connectivity index (χ4n) is 2.26. The Morgan fingerprint density at radius 1 is 0.920 bits per heavy atom. The van der Waals surface area contributed by atoms with E-state index in [-0.39, 0.29) is 18.4 Å². The monoisotopic (exact) mass is 342 g/mol. The molecule has 6 nitrogen and oxygen atoms in total. The van der Waals surface area contributed by atoms with Crippen LogP contribution in [0, 0.1) is 13.8 Å². The van der Waals surface area contributed by atoms with Gasteiger partial charge in [0.05, 0.1) is 20.8 Å². The van der Waals surface area contributed by atoms with Crippen molar-refractivity contribution in [2.75, 3.05) is 26.1 Å². The number of hydrogen-bond acceptors (Lipinski definition) is 4. The van der Waals surface area contributed by atoms with Gasteiger partial charge in [0, 0.05) is 11.3 Å². The van der Waals surface area contributed by atoms with Crippen molar-refractivity contribution in [3.8, 4) is 11.5 Å². The van der Waals surface area contributed by atoms with E-state index in [0.717, 1.165) is 11.1 Å². The fourth-order valence-corrected chi connectivity index (χ4v) is 2.26. The van der Waals surface area contributed by atoms with Gasteiger partial charge in [-0.3, -0.25) is 9.59 Å². The zero-order valence-electron chi connectivity index (χ0n) is 14.8. The molecule has 2 N–H and O–H groups in total. The van der Waals surface area contributed by atoms with Gasteiger partial charge in [0.1, 0.15) is 0 Å². The predicted molar refractivity (Wildman–Crippen MR) is 96.4 cm³/mol. The molecule has 0 radical (unpaired) electrons. The summed E-state index contributed by atoms with van der Waals surface area (Å²) in [4.78, 5) is 24.2. The average Bonchev–Trinajstić information content (AvgIpc) is 2.62. The van der Waals surface area contributed by atoms with E-state index in [1.807, 2.05) is 32.0 Å². The van der Waals surface area contributed by atoms with Gasteiger partial charge in [-0.15, -0.1) is 0 Å². The summed E-state index contributed by atoms with van der Waals surface area (Å²) in [6, 6.07) is 10.5. The van der Waals surface area contributed by atoms with Gasteiger partial charge in [0.15, 0.2) is 11.5 Å². The number of aryl methyl sites for hydroxylation is 2. The molecule has 0 aliphatic carbocycles. The lowest BCUT2D eigenvalue weighted by Gasteiger charge is -2.11. The number of methoxy groups -OCH3 is 2. The Labute approximate surface area is 147 Å². The lowest BCUT2D eigenvalue weighted by Crippen LogP contribution is -2.32. The molecular weight excluding hydrogens is 320 g/mol. The van der Waals surface area contributed by atoms with Crippen molar-refractivity contribution in [1.29, 1.82) is 0 Å². The van der Waals surface area contributed by atoms with E-state index in [0.29, 0.717) is 22.7 Å². The third-order valence-electron chi connectivity index (χ3n) is 3.85. The van der Waals surface area contributed by atoms with Crippen LogP contribution in [-0.4, -0.2) is 32.6 Å². The number of nitrogens with one attached hydrogen (secondary N) is 2. The smallest absolute Gasteiger partial charge is 0.251 e. The number of ether oxygens (including phenoxy) is 2. The second-order valence-electron chi connectivity index (χ2n) is 5.60. The molecule has 0 aliphatic rings.